The highest BCUT2D eigenvalue weighted by atomic mass is 16.6. The van der Waals surface area contributed by atoms with Crippen molar-refractivity contribution in [2.75, 3.05) is 13.2 Å². The van der Waals surface area contributed by atoms with E-state index in [9.17, 15) is 14.4 Å². The molecule has 0 saturated carbocycles. The zero-order valence-corrected chi connectivity index (χ0v) is 13.0. The van der Waals surface area contributed by atoms with Gasteiger partial charge in [0.05, 0.1) is 6.61 Å². The van der Waals surface area contributed by atoms with E-state index in [0.29, 0.717) is 19.4 Å². The molecule has 0 saturated heterocycles. The topological polar surface area (TPSA) is 89.9 Å². The first-order valence-corrected chi connectivity index (χ1v) is 6.89. The summed E-state index contributed by atoms with van der Waals surface area (Å²) in [5.74, 6) is -1.89. The monoisotopic (exact) mass is 312 g/mol. The van der Waals surface area contributed by atoms with Crippen LogP contribution in [-0.4, -0.2) is 36.2 Å². The first kappa shape index (κ1) is 22.1. The summed E-state index contributed by atoms with van der Waals surface area (Å²) in [5, 5.41) is 8.45. The normalized spacial score (nSPS) is 8.82. The van der Waals surface area contributed by atoms with Gasteiger partial charge in [-0.2, -0.15) is 0 Å². The van der Waals surface area contributed by atoms with Gasteiger partial charge in [-0.15, -0.1) is 0 Å². The van der Waals surface area contributed by atoms with Crippen LogP contribution in [0.25, 0.3) is 0 Å². The second kappa shape index (κ2) is 15.2. The van der Waals surface area contributed by atoms with Crippen molar-refractivity contribution in [3.8, 4) is 0 Å². The Bertz CT molecular complexity index is 397. The second-order valence-electron chi connectivity index (χ2n) is 4.07. The fourth-order valence-corrected chi connectivity index (χ4v) is 0.976. The SMILES string of the molecule is C=CC(=O)OC(=O)C(=C)CCCO.C=CC(=O)OCCCC. The number of aliphatic hydroxyl groups is 1. The lowest BCUT2D eigenvalue weighted by atomic mass is 10.2. The predicted octanol–water partition coefficient (Wildman–Crippen LogP) is 2.09. The van der Waals surface area contributed by atoms with Gasteiger partial charge in [-0.05, 0) is 19.3 Å². The lowest BCUT2D eigenvalue weighted by Crippen LogP contribution is -2.11. The van der Waals surface area contributed by atoms with Crippen molar-refractivity contribution in [2.45, 2.75) is 32.6 Å². The predicted molar refractivity (Wildman–Crippen MR) is 82.8 cm³/mol. The van der Waals surface area contributed by atoms with Crippen LogP contribution in [0.4, 0.5) is 0 Å². The lowest BCUT2D eigenvalue weighted by molar-refractivity contribution is -0.153. The third-order valence-electron chi connectivity index (χ3n) is 2.19. The van der Waals surface area contributed by atoms with E-state index >= 15 is 0 Å². The molecule has 0 aliphatic rings. The van der Waals surface area contributed by atoms with E-state index < -0.39 is 11.9 Å². The first-order valence-electron chi connectivity index (χ1n) is 6.89. The van der Waals surface area contributed by atoms with Gasteiger partial charge >= 0.3 is 17.9 Å². The molecule has 0 aromatic rings. The second-order valence-corrected chi connectivity index (χ2v) is 4.07. The molecule has 0 rings (SSSR count). The van der Waals surface area contributed by atoms with Gasteiger partial charge in [-0.25, -0.2) is 14.4 Å². The molecule has 22 heavy (non-hydrogen) atoms. The van der Waals surface area contributed by atoms with E-state index in [0.717, 1.165) is 18.9 Å². The van der Waals surface area contributed by atoms with E-state index in [2.05, 4.69) is 29.2 Å². The lowest BCUT2D eigenvalue weighted by Gasteiger charge is -2.01. The number of carbonyl (C=O) groups is 3. The van der Waals surface area contributed by atoms with E-state index in [4.69, 9.17) is 5.11 Å². The van der Waals surface area contributed by atoms with Crippen molar-refractivity contribution in [1.29, 1.82) is 0 Å². The summed E-state index contributed by atoms with van der Waals surface area (Å²) in [6.45, 7) is 12.3. The highest BCUT2D eigenvalue weighted by Gasteiger charge is 2.10. The standard InChI is InChI=1S/C9H12O4.C7H12O2/c1-3-8(11)13-9(12)7(2)5-4-6-10;1-3-5-6-9-7(8)4-2/h3,10H,1-2,4-6H2;4H,2-3,5-6H2,1H3. The van der Waals surface area contributed by atoms with Crippen LogP contribution < -0.4 is 0 Å². The Morgan fingerprint density at radius 3 is 2.14 bits per heavy atom. The molecule has 0 unspecified atom stereocenters. The van der Waals surface area contributed by atoms with Gasteiger partial charge in [-0.1, -0.05) is 33.1 Å². The minimum atomic E-state index is -0.796. The van der Waals surface area contributed by atoms with Crippen LogP contribution in [0.15, 0.2) is 37.5 Å². The Labute approximate surface area is 131 Å². The van der Waals surface area contributed by atoms with Crippen LogP contribution in [0.1, 0.15) is 32.6 Å². The molecule has 0 aromatic carbocycles. The molecule has 0 aliphatic heterocycles. The average Bonchev–Trinajstić information content (AvgIpc) is 2.52. The molecule has 0 heterocycles. The highest BCUT2D eigenvalue weighted by Crippen LogP contribution is 2.04. The number of esters is 3. The summed E-state index contributed by atoms with van der Waals surface area (Å²) < 4.78 is 8.96. The van der Waals surface area contributed by atoms with Crippen LogP contribution in [0.2, 0.25) is 0 Å². The van der Waals surface area contributed by atoms with Gasteiger partial charge in [0.1, 0.15) is 0 Å². The summed E-state index contributed by atoms with van der Waals surface area (Å²) >= 11 is 0. The van der Waals surface area contributed by atoms with Crippen molar-refractivity contribution < 1.29 is 29.0 Å². The highest BCUT2D eigenvalue weighted by molar-refractivity contribution is 5.98. The van der Waals surface area contributed by atoms with Crippen molar-refractivity contribution >= 4 is 17.9 Å². The van der Waals surface area contributed by atoms with E-state index in [1.807, 2.05) is 6.92 Å². The number of rotatable bonds is 9. The zero-order valence-electron chi connectivity index (χ0n) is 13.0. The average molecular weight is 312 g/mol. The molecular weight excluding hydrogens is 288 g/mol. The van der Waals surface area contributed by atoms with Crippen LogP contribution in [0.3, 0.4) is 0 Å². The molecule has 6 heteroatoms. The van der Waals surface area contributed by atoms with Gasteiger partial charge in [0.2, 0.25) is 0 Å². The molecule has 0 spiro atoms. The molecule has 1 N–H and O–H groups in total. The summed E-state index contributed by atoms with van der Waals surface area (Å²) in [5.41, 5.74) is 0.171. The number of hydrogen-bond donors (Lipinski definition) is 1. The van der Waals surface area contributed by atoms with Crippen LogP contribution in [-0.2, 0) is 23.9 Å². The van der Waals surface area contributed by atoms with Crippen molar-refractivity contribution in [1.82, 2.24) is 0 Å². The summed E-state index contributed by atoms with van der Waals surface area (Å²) in [6, 6.07) is 0. The van der Waals surface area contributed by atoms with Crippen LogP contribution in [0, 0.1) is 0 Å². The summed E-state index contributed by atoms with van der Waals surface area (Å²) in [7, 11) is 0. The van der Waals surface area contributed by atoms with E-state index in [1.165, 1.54) is 6.08 Å². The van der Waals surface area contributed by atoms with Crippen molar-refractivity contribution in [2.24, 2.45) is 0 Å². The maximum absolute atomic E-state index is 10.9. The number of unbranched alkanes of at least 4 members (excludes halogenated alkanes) is 1. The Balaban J connectivity index is 0. The molecule has 0 aliphatic carbocycles. The molecule has 124 valence electrons. The largest absolute Gasteiger partial charge is 0.463 e. The van der Waals surface area contributed by atoms with Gasteiger partial charge in [-0.3, -0.25) is 0 Å². The Morgan fingerprint density at radius 1 is 1.09 bits per heavy atom. The zero-order chi connectivity index (χ0) is 17.4. The fourth-order valence-electron chi connectivity index (χ4n) is 0.976. The maximum atomic E-state index is 10.9. The van der Waals surface area contributed by atoms with Gasteiger partial charge in [0.25, 0.3) is 0 Å². The minimum Gasteiger partial charge on any atom is -0.463 e. The quantitative estimate of drug-likeness (QED) is 0.303. The molecule has 0 fully saturated rings. The molecule has 0 radical (unpaired) electrons. The third kappa shape index (κ3) is 14.2. The van der Waals surface area contributed by atoms with Crippen LogP contribution >= 0.6 is 0 Å². The molecule has 6 nitrogen and oxygen atoms in total. The minimum absolute atomic E-state index is 0.0261. The number of carbonyl (C=O) groups excluding carboxylic acids is 3. The van der Waals surface area contributed by atoms with Gasteiger partial charge in [0.15, 0.2) is 0 Å². The molecule has 0 atom stereocenters. The Kier molecular flexibility index (Phi) is 15.2. The van der Waals surface area contributed by atoms with Crippen LogP contribution in [0.5, 0.6) is 0 Å². The fraction of sp³-hybridized carbons (Fsp3) is 0.438. The molecule has 0 aromatic heterocycles. The van der Waals surface area contributed by atoms with E-state index in [-0.39, 0.29) is 18.1 Å². The summed E-state index contributed by atoms with van der Waals surface area (Å²) in [4.78, 5) is 31.8. The first-order chi connectivity index (χ1) is 10.4. The number of ether oxygens (including phenoxy) is 2. The molecule has 0 amide bonds. The number of hydrogen-bond acceptors (Lipinski definition) is 6. The molecule has 0 bridgehead atoms. The number of aliphatic hydroxyl groups excluding tert-OH is 1. The van der Waals surface area contributed by atoms with Crippen molar-refractivity contribution in [3.05, 3.63) is 37.5 Å². The van der Waals surface area contributed by atoms with Gasteiger partial charge < -0.3 is 14.6 Å². The smallest absolute Gasteiger partial charge is 0.341 e. The van der Waals surface area contributed by atoms with Gasteiger partial charge in [0, 0.05) is 24.3 Å². The Hall–Kier alpha value is -2.21. The third-order valence-corrected chi connectivity index (χ3v) is 2.19. The van der Waals surface area contributed by atoms with Crippen molar-refractivity contribution in [3.63, 3.8) is 0 Å². The maximum Gasteiger partial charge on any atom is 0.341 e. The Morgan fingerprint density at radius 2 is 1.68 bits per heavy atom. The molecular formula is C16H24O6. The van der Waals surface area contributed by atoms with E-state index in [1.54, 1.807) is 0 Å². The summed E-state index contributed by atoms with van der Waals surface area (Å²) in [6.07, 6.45) is 4.80.